The molecule has 162 valence electrons. The molecule has 1 amide bonds. The number of nitrogens with zero attached hydrogens (tertiary/aromatic N) is 2. The molecule has 0 saturated carbocycles. The van der Waals surface area contributed by atoms with Crippen LogP contribution in [0, 0.1) is 6.92 Å². The van der Waals surface area contributed by atoms with Crippen molar-refractivity contribution in [2.45, 2.75) is 25.8 Å². The Morgan fingerprint density at radius 3 is 2.81 bits per heavy atom. The normalized spacial score (nSPS) is 13.8. The summed E-state index contributed by atoms with van der Waals surface area (Å²) in [7, 11) is 0. The van der Waals surface area contributed by atoms with Gasteiger partial charge in [-0.3, -0.25) is 4.79 Å². The zero-order valence-corrected chi connectivity index (χ0v) is 17.7. The Bertz CT molecular complexity index is 1310. The lowest BCUT2D eigenvalue weighted by atomic mass is 10.0. The summed E-state index contributed by atoms with van der Waals surface area (Å²) in [6.07, 6.45) is 3.42. The number of anilines is 1. The van der Waals surface area contributed by atoms with E-state index in [-0.39, 0.29) is 11.9 Å². The Kier molecular flexibility index (Phi) is 5.20. The molecule has 0 aliphatic carbocycles. The van der Waals surface area contributed by atoms with Gasteiger partial charge in [-0.2, -0.15) is 5.10 Å². The van der Waals surface area contributed by atoms with E-state index in [0.29, 0.717) is 17.9 Å². The Hall–Kier alpha value is -3.91. The largest absolute Gasteiger partial charge is 0.383 e. The highest BCUT2D eigenvalue weighted by molar-refractivity contribution is 6.17. The Morgan fingerprint density at radius 2 is 2.03 bits per heavy atom. The van der Waals surface area contributed by atoms with E-state index >= 15 is 0 Å². The number of amides is 1. The molecule has 0 spiro atoms. The molecule has 0 radical (unpaired) electrons. The third-order valence-corrected chi connectivity index (χ3v) is 5.63. The van der Waals surface area contributed by atoms with Crippen LogP contribution in [0.1, 0.15) is 33.6 Å². The van der Waals surface area contributed by atoms with Crippen molar-refractivity contribution in [1.29, 1.82) is 0 Å². The van der Waals surface area contributed by atoms with E-state index in [1.165, 1.54) is 5.56 Å². The Balaban J connectivity index is 1.40. The van der Waals surface area contributed by atoms with Gasteiger partial charge in [-0.25, -0.2) is 5.43 Å². The van der Waals surface area contributed by atoms with Crippen LogP contribution in [-0.4, -0.2) is 34.8 Å². The molecule has 0 bridgehead atoms. The summed E-state index contributed by atoms with van der Waals surface area (Å²) in [5.41, 5.74) is 14.6. The number of carbonyl (C=O) groups excluding carboxylic acids is 1. The number of nitrogens with two attached hydrogens (primary N) is 1. The van der Waals surface area contributed by atoms with E-state index in [0.717, 1.165) is 46.4 Å². The first-order chi connectivity index (χ1) is 15.6. The van der Waals surface area contributed by atoms with E-state index < -0.39 is 0 Å². The van der Waals surface area contributed by atoms with E-state index in [1.807, 2.05) is 43.3 Å². The lowest BCUT2D eigenvalue weighted by Gasteiger charge is -2.15. The van der Waals surface area contributed by atoms with Crippen molar-refractivity contribution in [3.8, 4) is 11.5 Å². The maximum absolute atomic E-state index is 12.7. The zero-order chi connectivity index (χ0) is 22.1. The maximum Gasteiger partial charge on any atom is 0.272 e. The first kappa shape index (κ1) is 20.0. The van der Waals surface area contributed by atoms with Gasteiger partial charge in [-0.15, -0.1) is 0 Å². The van der Waals surface area contributed by atoms with Crippen LogP contribution < -0.4 is 16.5 Å². The average molecular weight is 428 g/mol. The predicted molar refractivity (Wildman–Crippen MR) is 125 cm³/mol. The van der Waals surface area contributed by atoms with Crippen LogP contribution in [0.3, 0.4) is 0 Å². The van der Waals surface area contributed by atoms with Crippen molar-refractivity contribution in [3.63, 3.8) is 0 Å². The number of nitrogens with one attached hydrogen (secondary N) is 3. The number of hydrogen-bond donors (Lipinski definition) is 4. The fraction of sp³-hybridized carbons (Fsp3) is 0.208. The van der Waals surface area contributed by atoms with Gasteiger partial charge in [-0.05, 0) is 37.5 Å². The van der Waals surface area contributed by atoms with Crippen LogP contribution in [0.5, 0.6) is 0 Å². The fourth-order valence-corrected chi connectivity index (χ4v) is 4.01. The SMILES string of the molecule is Cc1cc(-c2[nH]c3cc(NC[C@H](N)CCc4ccccc4)cc4c3c2C=NNC4=O)on1. The molecule has 8 heteroatoms. The molecule has 1 aliphatic heterocycles. The first-order valence-corrected chi connectivity index (χ1v) is 10.6. The van der Waals surface area contributed by atoms with Crippen molar-refractivity contribution in [3.05, 3.63) is 70.9 Å². The quantitative estimate of drug-likeness (QED) is 0.358. The molecule has 4 aromatic rings. The molecule has 1 atom stereocenters. The number of H-pyrrole nitrogens is 1. The maximum atomic E-state index is 12.7. The van der Waals surface area contributed by atoms with Gasteiger partial charge in [0.2, 0.25) is 0 Å². The van der Waals surface area contributed by atoms with Crippen LogP contribution >= 0.6 is 0 Å². The summed E-state index contributed by atoms with van der Waals surface area (Å²) in [5, 5.41) is 12.2. The number of benzene rings is 2. The number of hydrogen-bond acceptors (Lipinski definition) is 6. The van der Waals surface area contributed by atoms with Gasteiger partial charge in [0.1, 0.15) is 0 Å². The molecule has 1 aliphatic rings. The average Bonchev–Trinajstić information content (AvgIpc) is 3.35. The highest BCUT2D eigenvalue weighted by Gasteiger charge is 2.23. The minimum Gasteiger partial charge on any atom is -0.383 e. The van der Waals surface area contributed by atoms with Gasteiger partial charge in [0.15, 0.2) is 5.76 Å². The summed E-state index contributed by atoms with van der Waals surface area (Å²) in [6.45, 7) is 2.46. The number of hydrazone groups is 1. The summed E-state index contributed by atoms with van der Waals surface area (Å²) in [6, 6.07) is 15.9. The van der Waals surface area contributed by atoms with E-state index in [4.69, 9.17) is 10.3 Å². The third-order valence-electron chi connectivity index (χ3n) is 5.63. The first-order valence-electron chi connectivity index (χ1n) is 10.6. The topological polar surface area (TPSA) is 121 Å². The number of carbonyl (C=O) groups is 1. The molecule has 32 heavy (non-hydrogen) atoms. The van der Waals surface area contributed by atoms with Crippen molar-refractivity contribution in [2.24, 2.45) is 10.8 Å². The summed E-state index contributed by atoms with van der Waals surface area (Å²) < 4.78 is 5.45. The predicted octanol–water partition coefficient (Wildman–Crippen LogP) is 3.58. The lowest BCUT2D eigenvalue weighted by Crippen LogP contribution is -2.29. The number of aromatic nitrogens is 2. The molecule has 8 nitrogen and oxygen atoms in total. The van der Waals surface area contributed by atoms with E-state index in [1.54, 1.807) is 6.21 Å². The van der Waals surface area contributed by atoms with Gasteiger partial charge in [0.25, 0.3) is 5.91 Å². The molecular weight excluding hydrogens is 404 g/mol. The third kappa shape index (κ3) is 3.88. The van der Waals surface area contributed by atoms with Crippen molar-refractivity contribution < 1.29 is 9.32 Å². The van der Waals surface area contributed by atoms with E-state index in [9.17, 15) is 4.79 Å². The van der Waals surface area contributed by atoms with Gasteiger partial charge < -0.3 is 20.6 Å². The minimum atomic E-state index is -0.263. The standard InChI is InChI=1S/C24H24N6O2/c1-14-9-21(32-30-14)23-19-13-27-29-24(31)18-10-17(11-20(28-23)22(18)19)26-12-16(25)8-7-15-5-3-2-4-6-15/h2-6,9-11,13,16,26,28H,7-8,12,25H2,1H3,(H,29,31)/t16-/m1/s1. The van der Waals surface area contributed by atoms with Crippen LogP contribution in [0.25, 0.3) is 22.4 Å². The number of rotatable bonds is 7. The molecular formula is C24H24N6O2. The van der Waals surface area contributed by atoms with Crippen molar-refractivity contribution in [1.82, 2.24) is 15.6 Å². The molecule has 0 unspecified atom stereocenters. The molecule has 3 heterocycles. The highest BCUT2D eigenvalue weighted by Crippen LogP contribution is 2.34. The zero-order valence-electron chi connectivity index (χ0n) is 17.7. The smallest absolute Gasteiger partial charge is 0.272 e. The number of aromatic amines is 1. The minimum absolute atomic E-state index is 0.0193. The fourth-order valence-electron chi connectivity index (χ4n) is 4.01. The van der Waals surface area contributed by atoms with E-state index in [2.05, 4.69) is 38.1 Å². The second kappa shape index (κ2) is 8.32. The summed E-state index contributed by atoms with van der Waals surface area (Å²) in [4.78, 5) is 16.0. The second-order valence-corrected chi connectivity index (χ2v) is 8.06. The van der Waals surface area contributed by atoms with Crippen LogP contribution in [0.4, 0.5) is 5.69 Å². The molecule has 0 saturated heterocycles. The summed E-state index contributed by atoms with van der Waals surface area (Å²) >= 11 is 0. The molecule has 5 rings (SSSR count). The summed E-state index contributed by atoms with van der Waals surface area (Å²) in [5.74, 6) is 0.333. The van der Waals surface area contributed by atoms with Gasteiger partial charge >= 0.3 is 0 Å². The Morgan fingerprint density at radius 1 is 1.19 bits per heavy atom. The Labute approximate surface area is 184 Å². The highest BCUT2D eigenvalue weighted by atomic mass is 16.5. The second-order valence-electron chi connectivity index (χ2n) is 8.06. The van der Waals surface area contributed by atoms with Gasteiger partial charge in [0, 0.05) is 40.8 Å². The molecule has 2 aromatic carbocycles. The monoisotopic (exact) mass is 428 g/mol. The van der Waals surface area contributed by atoms with Gasteiger partial charge in [0.05, 0.1) is 23.2 Å². The molecule has 2 aromatic heterocycles. The van der Waals surface area contributed by atoms with Crippen LogP contribution in [-0.2, 0) is 6.42 Å². The molecule has 5 N–H and O–H groups in total. The van der Waals surface area contributed by atoms with Crippen LogP contribution in [0.15, 0.2) is 58.2 Å². The van der Waals surface area contributed by atoms with Gasteiger partial charge in [-0.1, -0.05) is 35.5 Å². The van der Waals surface area contributed by atoms with Crippen molar-refractivity contribution in [2.75, 3.05) is 11.9 Å². The lowest BCUT2D eigenvalue weighted by molar-refractivity contribution is 0.0957. The van der Waals surface area contributed by atoms with Crippen LogP contribution in [0.2, 0.25) is 0 Å². The van der Waals surface area contributed by atoms with Crippen molar-refractivity contribution >= 4 is 28.7 Å². The molecule has 0 fully saturated rings. The number of aryl methyl sites for hydroxylation is 2.